The van der Waals surface area contributed by atoms with Crippen LogP contribution in [0.3, 0.4) is 0 Å². The Hall–Kier alpha value is -0.903. The zero-order chi connectivity index (χ0) is 18.0. The molecule has 1 aromatic rings. The van der Waals surface area contributed by atoms with E-state index in [-0.39, 0.29) is 0 Å². The van der Waals surface area contributed by atoms with Crippen LogP contribution in [0.2, 0.25) is 6.55 Å². The van der Waals surface area contributed by atoms with Crippen LogP contribution in [-0.2, 0) is 0 Å². The van der Waals surface area contributed by atoms with Gasteiger partial charge in [-0.05, 0) is 69.2 Å². The molecule has 0 aromatic heterocycles. The summed E-state index contributed by atoms with van der Waals surface area (Å²) in [6.07, 6.45) is 6.85. The van der Waals surface area contributed by atoms with Crippen molar-refractivity contribution in [2.24, 2.45) is 0 Å². The molecule has 136 valence electrons. The van der Waals surface area contributed by atoms with Crippen LogP contribution in [0.1, 0.15) is 58.9 Å². The van der Waals surface area contributed by atoms with Gasteiger partial charge in [0.05, 0.1) is 0 Å². The second-order valence-corrected chi connectivity index (χ2v) is 10.7. The Morgan fingerprint density at radius 1 is 0.875 bits per heavy atom. The van der Waals surface area contributed by atoms with Crippen LogP contribution in [0.25, 0.3) is 6.08 Å². The summed E-state index contributed by atoms with van der Waals surface area (Å²) in [5.74, 6) is 0. The van der Waals surface area contributed by atoms with E-state index in [9.17, 15) is 0 Å². The fourth-order valence-electron chi connectivity index (χ4n) is 3.70. The average molecular weight is 347 g/mol. The number of nitrogens with zero attached hydrogens (tertiary/aromatic N) is 2. The van der Waals surface area contributed by atoms with Crippen LogP contribution in [0.4, 0.5) is 0 Å². The molecule has 0 heterocycles. The number of rotatable bonds is 12. The van der Waals surface area contributed by atoms with E-state index in [0.717, 1.165) is 0 Å². The highest BCUT2D eigenvalue weighted by Gasteiger charge is 2.41. The van der Waals surface area contributed by atoms with Gasteiger partial charge < -0.3 is 9.13 Å². The van der Waals surface area contributed by atoms with Crippen molar-refractivity contribution in [3.8, 4) is 0 Å². The minimum atomic E-state index is -1.90. The molecule has 0 unspecified atom stereocenters. The zero-order valence-corrected chi connectivity index (χ0v) is 17.6. The van der Waals surface area contributed by atoms with Gasteiger partial charge >= 0.3 is 0 Å². The second kappa shape index (κ2) is 10.9. The molecule has 1 rings (SSSR count). The maximum absolute atomic E-state index is 3.98. The highest BCUT2D eigenvalue weighted by molar-refractivity contribution is 6.86. The molecule has 1 aromatic carbocycles. The lowest BCUT2D eigenvalue weighted by molar-refractivity contribution is 0.329. The van der Waals surface area contributed by atoms with E-state index in [1.807, 2.05) is 6.08 Å². The highest BCUT2D eigenvalue weighted by atomic mass is 28.3. The minimum Gasteiger partial charge on any atom is -0.308 e. The molecular formula is C21H38N2Si. The Morgan fingerprint density at radius 2 is 1.33 bits per heavy atom. The van der Waals surface area contributed by atoms with Gasteiger partial charge in [0.25, 0.3) is 0 Å². The third-order valence-electron chi connectivity index (χ3n) is 4.87. The fraction of sp³-hybridized carbons (Fsp3) is 0.619. The summed E-state index contributed by atoms with van der Waals surface area (Å²) in [7, 11) is -1.90. The van der Waals surface area contributed by atoms with Crippen LogP contribution in [0, 0.1) is 0 Å². The van der Waals surface area contributed by atoms with Crippen LogP contribution in [0.15, 0.2) is 30.8 Å². The molecule has 24 heavy (non-hydrogen) atoms. The molecule has 0 bridgehead atoms. The van der Waals surface area contributed by atoms with Crippen molar-refractivity contribution < 1.29 is 0 Å². The van der Waals surface area contributed by atoms with Crippen molar-refractivity contribution in [3.63, 3.8) is 0 Å². The van der Waals surface area contributed by atoms with Crippen LogP contribution in [-0.4, -0.2) is 43.7 Å². The zero-order valence-electron chi connectivity index (χ0n) is 16.6. The van der Waals surface area contributed by atoms with E-state index in [2.05, 4.69) is 74.2 Å². The Balaban J connectivity index is 3.42. The fourth-order valence-corrected chi connectivity index (χ4v) is 8.32. The summed E-state index contributed by atoms with van der Waals surface area (Å²) < 4.78 is 5.64. The Bertz CT molecular complexity index is 458. The van der Waals surface area contributed by atoms with E-state index < -0.39 is 8.40 Å². The maximum atomic E-state index is 3.98. The molecular weight excluding hydrogens is 308 g/mol. The predicted octanol–water partition coefficient (Wildman–Crippen LogP) is 4.85. The molecule has 0 saturated heterocycles. The molecule has 0 radical (unpaired) electrons. The first-order chi connectivity index (χ1) is 11.6. The summed E-state index contributed by atoms with van der Waals surface area (Å²) in [6.45, 7) is 20.5. The lowest BCUT2D eigenvalue weighted by Crippen LogP contribution is -2.71. The summed E-state index contributed by atoms with van der Waals surface area (Å²) >= 11 is 0. The molecule has 0 saturated carbocycles. The molecule has 0 fully saturated rings. The van der Waals surface area contributed by atoms with Gasteiger partial charge in [-0.2, -0.15) is 0 Å². The van der Waals surface area contributed by atoms with E-state index in [1.54, 1.807) is 0 Å². The molecule has 0 aliphatic heterocycles. The molecule has 0 atom stereocenters. The SMILES string of the molecule is C=Cc1cccc([Si](C)(N(CCC)CCC)N(CCC)CCC)c1. The van der Waals surface area contributed by atoms with E-state index >= 15 is 0 Å². The Morgan fingerprint density at radius 3 is 1.71 bits per heavy atom. The molecule has 0 amide bonds. The van der Waals surface area contributed by atoms with E-state index in [4.69, 9.17) is 0 Å². The van der Waals surface area contributed by atoms with Crippen molar-refractivity contribution in [2.45, 2.75) is 59.9 Å². The summed E-state index contributed by atoms with van der Waals surface area (Å²) in [5.41, 5.74) is 1.24. The molecule has 0 aliphatic rings. The van der Waals surface area contributed by atoms with Crippen molar-refractivity contribution in [2.75, 3.05) is 26.2 Å². The summed E-state index contributed by atoms with van der Waals surface area (Å²) in [5, 5.41) is 1.53. The van der Waals surface area contributed by atoms with Gasteiger partial charge in [-0.3, -0.25) is 0 Å². The van der Waals surface area contributed by atoms with Crippen molar-refractivity contribution in [3.05, 3.63) is 36.4 Å². The van der Waals surface area contributed by atoms with Gasteiger partial charge in [-0.1, -0.05) is 64.6 Å². The molecule has 0 spiro atoms. The highest BCUT2D eigenvalue weighted by Crippen LogP contribution is 2.20. The largest absolute Gasteiger partial charge is 0.308 e. The third kappa shape index (κ3) is 5.04. The van der Waals surface area contributed by atoms with Crippen molar-refractivity contribution in [1.82, 2.24) is 9.13 Å². The van der Waals surface area contributed by atoms with Gasteiger partial charge in [-0.15, -0.1) is 0 Å². The average Bonchev–Trinajstić information content (AvgIpc) is 2.60. The maximum Gasteiger partial charge on any atom is 0.236 e. The van der Waals surface area contributed by atoms with Crippen LogP contribution in [0.5, 0.6) is 0 Å². The van der Waals surface area contributed by atoms with Crippen molar-refractivity contribution in [1.29, 1.82) is 0 Å². The Labute approximate surface area is 151 Å². The lowest BCUT2D eigenvalue weighted by atomic mass is 10.2. The van der Waals surface area contributed by atoms with Gasteiger partial charge in [-0.25, -0.2) is 0 Å². The standard InChI is InChI=1S/C21H38N2Si/c1-7-15-22(16-8-2)24(6,23(17-9-3)18-10-4)21-14-12-13-20(11-5)19-21/h11-14,19H,5,7-10,15-18H2,1-4,6H3. The summed E-state index contributed by atoms with van der Waals surface area (Å²) in [4.78, 5) is 0. The first-order valence-electron chi connectivity index (χ1n) is 9.81. The number of benzene rings is 1. The van der Waals surface area contributed by atoms with Gasteiger partial charge in [0.15, 0.2) is 0 Å². The third-order valence-corrected chi connectivity index (χ3v) is 9.64. The normalized spacial score (nSPS) is 12.1. The van der Waals surface area contributed by atoms with Crippen LogP contribution < -0.4 is 5.19 Å². The Kier molecular flexibility index (Phi) is 9.56. The van der Waals surface area contributed by atoms with Gasteiger partial charge in [0.1, 0.15) is 0 Å². The van der Waals surface area contributed by atoms with Crippen molar-refractivity contribution >= 4 is 19.7 Å². The number of hydrogen-bond donors (Lipinski definition) is 0. The lowest BCUT2D eigenvalue weighted by Gasteiger charge is -2.47. The minimum absolute atomic E-state index is 1.19. The number of hydrogen-bond acceptors (Lipinski definition) is 2. The first-order valence-corrected chi connectivity index (χ1v) is 12.2. The smallest absolute Gasteiger partial charge is 0.236 e. The second-order valence-electron chi connectivity index (χ2n) is 6.82. The van der Waals surface area contributed by atoms with E-state index in [1.165, 1.54) is 62.6 Å². The molecule has 0 aliphatic carbocycles. The molecule has 2 nitrogen and oxygen atoms in total. The molecule has 3 heteroatoms. The monoisotopic (exact) mass is 346 g/mol. The first kappa shape index (κ1) is 21.1. The quantitative estimate of drug-likeness (QED) is 0.499. The van der Waals surface area contributed by atoms with Gasteiger partial charge in [0, 0.05) is 0 Å². The summed E-state index contributed by atoms with van der Waals surface area (Å²) in [6, 6.07) is 9.12. The van der Waals surface area contributed by atoms with E-state index in [0.29, 0.717) is 0 Å². The topological polar surface area (TPSA) is 6.48 Å². The van der Waals surface area contributed by atoms with Gasteiger partial charge in [0.2, 0.25) is 8.40 Å². The predicted molar refractivity (Wildman–Crippen MR) is 112 cm³/mol. The van der Waals surface area contributed by atoms with Crippen LogP contribution >= 0.6 is 0 Å². The molecule has 0 N–H and O–H groups in total.